The lowest BCUT2D eigenvalue weighted by Crippen LogP contribution is -2.41. The second-order valence-electron chi connectivity index (χ2n) is 14.0. The molecule has 244 valence electrons. The SMILES string of the molecule is C=C1CCN(c2cccc(-c3ccc4cc(-c5nc6cc(C(=O)N7CC8CCC7C8N)cc(OC)c6n5C)n(CC5CC5)c4n3)c2)C1=O. The molecule has 5 aromatic rings. The van der Waals surface area contributed by atoms with Gasteiger partial charge in [-0.25, -0.2) is 9.97 Å². The van der Waals surface area contributed by atoms with E-state index in [1.807, 2.05) is 54.4 Å². The van der Waals surface area contributed by atoms with Gasteiger partial charge in [-0.2, -0.15) is 0 Å². The first-order valence-corrected chi connectivity index (χ1v) is 17.0. The van der Waals surface area contributed by atoms with Crippen LogP contribution in [0.25, 0.3) is 44.8 Å². The number of fused-ring (bicyclic) bond motifs is 4. The number of nitrogens with two attached hydrogens (primary N) is 1. The van der Waals surface area contributed by atoms with E-state index >= 15 is 0 Å². The van der Waals surface area contributed by atoms with E-state index in [4.69, 9.17) is 20.4 Å². The number of amides is 2. The summed E-state index contributed by atoms with van der Waals surface area (Å²) in [6, 6.07) is 18.3. The van der Waals surface area contributed by atoms with Crippen LogP contribution in [0.2, 0.25) is 0 Å². The molecule has 3 aromatic heterocycles. The number of carbonyl (C=O) groups excluding carboxylic acids is 2. The van der Waals surface area contributed by atoms with Gasteiger partial charge >= 0.3 is 0 Å². The van der Waals surface area contributed by atoms with E-state index in [-0.39, 0.29) is 23.9 Å². The van der Waals surface area contributed by atoms with Gasteiger partial charge in [-0.05, 0) is 86.4 Å². The van der Waals surface area contributed by atoms with Crippen molar-refractivity contribution < 1.29 is 14.3 Å². The minimum Gasteiger partial charge on any atom is -0.494 e. The Morgan fingerprint density at radius 2 is 1.92 bits per heavy atom. The molecular formula is C38H39N7O3. The quantitative estimate of drug-likeness (QED) is 0.234. The maximum atomic E-state index is 13.8. The Morgan fingerprint density at radius 1 is 1.06 bits per heavy atom. The Kier molecular flexibility index (Phi) is 6.56. The van der Waals surface area contributed by atoms with E-state index in [1.54, 1.807) is 12.0 Å². The van der Waals surface area contributed by atoms with Gasteiger partial charge in [-0.15, -0.1) is 0 Å². The molecule has 2 N–H and O–H groups in total. The number of nitrogens with zero attached hydrogens (tertiary/aromatic N) is 6. The highest BCUT2D eigenvalue weighted by molar-refractivity contribution is 6.08. The monoisotopic (exact) mass is 641 g/mol. The summed E-state index contributed by atoms with van der Waals surface area (Å²) >= 11 is 0. The molecule has 2 saturated heterocycles. The number of imidazole rings is 1. The summed E-state index contributed by atoms with van der Waals surface area (Å²) in [5.41, 5.74) is 13.8. The number of ether oxygens (including phenoxy) is 1. The fourth-order valence-electron chi connectivity index (χ4n) is 8.21. The van der Waals surface area contributed by atoms with E-state index in [2.05, 4.69) is 27.8 Å². The van der Waals surface area contributed by atoms with E-state index in [0.717, 1.165) is 69.9 Å². The van der Waals surface area contributed by atoms with Gasteiger partial charge in [0.05, 0.1) is 24.0 Å². The molecule has 9 rings (SSSR count). The van der Waals surface area contributed by atoms with Gasteiger partial charge in [-0.3, -0.25) is 9.59 Å². The number of likely N-dealkylation sites (tertiary alicyclic amines) is 1. The number of pyridine rings is 1. The molecule has 48 heavy (non-hydrogen) atoms. The highest BCUT2D eigenvalue weighted by atomic mass is 16.5. The molecule has 3 unspecified atom stereocenters. The zero-order valence-corrected chi connectivity index (χ0v) is 27.4. The molecule has 4 aliphatic rings. The summed E-state index contributed by atoms with van der Waals surface area (Å²) in [5.74, 6) is 2.38. The van der Waals surface area contributed by atoms with E-state index < -0.39 is 0 Å². The zero-order chi connectivity index (χ0) is 32.8. The second kappa shape index (κ2) is 10.8. The van der Waals surface area contributed by atoms with Gasteiger partial charge < -0.3 is 29.4 Å². The third kappa shape index (κ3) is 4.49. The maximum Gasteiger partial charge on any atom is 0.254 e. The minimum absolute atomic E-state index is 0.00673. The Labute approximate surface area is 278 Å². The van der Waals surface area contributed by atoms with Crippen molar-refractivity contribution in [2.24, 2.45) is 24.6 Å². The molecule has 2 aromatic carbocycles. The van der Waals surface area contributed by atoms with Crippen molar-refractivity contribution in [3.8, 4) is 28.5 Å². The first kappa shape index (κ1) is 29.2. The van der Waals surface area contributed by atoms with E-state index in [1.165, 1.54) is 12.8 Å². The first-order valence-electron chi connectivity index (χ1n) is 17.0. The number of piperidine rings is 1. The predicted octanol–water partition coefficient (Wildman–Crippen LogP) is 5.53. The lowest BCUT2D eigenvalue weighted by atomic mass is 10.1. The fourth-order valence-corrected chi connectivity index (χ4v) is 8.21. The van der Waals surface area contributed by atoms with Gasteiger partial charge in [-0.1, -0.05) is 18.7 Å². The molecule has 2 bridgehead atoms. The van der Waals surface area contributed by atoms with Crippen LogP contribution < -0.4 is 15.4 Å². The van der Waals surface area contributed by atoms with Gasteiger partial charge in [0, 0.05) is 66.5 Å². The number of aryl methyl sites for hydroxylation is 1. The Hall–Kier alpha value is -4.96. The van der Waals surface area contributed by atoms with Crippen molar-refractivity contribution in [3.63, 3.8) is 0 Å². The molecule has 2 saturated carbocycles. The summed E-state index contributed by atoms with van der Waals surface area (Å²) in [5, 5.41) is 1.03. The van der Waals surface area contributed by atoms with Gasteiger partial charge in [0.25, 0.3) is 11.8 Å². The fraction of sp³-hybridized carbons (Fsp3) is 0.368. The normalized spacial score (nSPS) is 22.2. The van der Waals surface area contributed by atoms with Crippen LogP contribution in [-0.4, -0.2) is 68.1 Å². The molecule has 5 heterocycles. The van der Waals surface area contributed by atoms with Crippen molar-refractivity contribution in [1.82, 2.24) is 24.0 Å². The van der Waals surface area contributed by atoms with Crippen molar-refractivity contribution in [3.05, 3.63) is 72.3 Å². The van der Waals surface area contributed by atoms with Gasteiger partial charge in [0.1, 0.15) is 16.9 Å². The number of hydrogen-bond acceptors (Lipinski definition) is 6. The topological polar surface area (TPSA) is 112 Å². The van der Waals surface area contributed by atoms with Crippen LogP contribution in [0.15, 0.2) is 66.7 Å². The molecular weight excluding hydrogens is 602 g/mol. The minimum atomic E-state index is -0.0127. The van der Waals surface area contributed by atoms with Gasteiger partial charge in [0.15, 0.2) is 5.82 Å². The second-order valence-corrected chi connectivity index (χ2v) is 14.0. The van der Waals surface area contributed by atoms with Crippen molar-refractivity contribution in [2.45, 2.75) is 50.7 Å². The summed E-state index contributed by atoms with van der Waals surface area (Å²) in [4.78, 5) is 40.6. The van der Waals surface area contributed by atoms with Crippen molar-refractivity contribution in [2.75, 3.05) is 25.1 Å². The average molecular weight is 642 g/mol. The number of anilines is 1. The molecule has 2 amide bonds. The molecule has 2 aliphatic carbocycles. The lowest BCUT2D eigenvalue weighted by molar-refractivity contribution is -0.114. The lowest BCUT2D eigenvalue weighted by Gasteiger charge is -2.27. The Balaban J connectivity index is 1.12. The zero-order valence-electron chi connectivity index (χ0n) is 27.4. The third-order valence-electron chi connectivity index (χ3n) is 11.1. The van der Waals surface area contributed by atoms with E-state index in [9.17, 15) is 9.59 Å². The highest BCUT2D eigenvalue weighted by Gasteiger charge is 2.47. The number of methoxy groups -OCH3 is 1. The van der Waals surface area contributed by atoms with Crippen LogP contribution in [-0.2, 0) is 18.4 Å². The summed E-state index contributed by atoms with van der Waals surface area (Å²) < 4.78 is 10.2. The first-order chi connectivity index (χ1) is 23.3. The van der Waals surface area contributed by atoms with Crippen LogP contribution in [0.5, 0.6) is 5.75 Å². The molecule has 0 radical (unpaired) electrons. The number of rotatable bonds is 7. The standard InChI is InChI=1S/C38H39N7O3/c1-21-13-14-43(37(21)46)27-6-4-5-23(15-27)28-11-9-24-17-31(44(35(24)40-28)19-22-7-8-22)36-41-29-16-26(18-32(48-3)34(29)42(36)2)38(47)45-20-25-10-12-30(45)33(25)39/h4-6,9,11,15-18,22,25,30,33H,1,7-8,10,12-14,19-20,39H2,2-3H3. The third-order valence-corrected chi connectivity index (χ3v) is 11.1. The number of carbonyl (C=O) groups is 2. The highest BCUT2D eigenvalue weighted by Crippen LogP contribution is 2.40. The molecule has 2 aliphatic heterocycles. The maximum absolute atomic E-state index is 13.8. The summed E-state index contributed by atoms with van der Waals surface area (Å²) in [7, 11) is 3.65. The van der Waals surface area contributed by atoms with Gasteiger partial charge in [0.2, 0.25) is 0 Å². The Morgan fingerprint density at radius 3 is 2.62 bits per heavy atom. The number of benzene rings is 2. The number of hydrogen-bond donors (Lipinski definition) is 1. The van der Waals surface area contributed by atoms with Crippen LogP contribution in [0.3, 0.4) is 0 Å². The molecule has 10 nitrogen and oxygen atoms in total. The van der Waals surface area contributed by atoms with Crippen LogP contribution in [0, 0.1) is 11.8 Å². The molecule has 10 heteroatoms. The molecule has 4 fully saturated rings. The Bertz CT molecular complexity index is 2180. The van der Waals surface area contributed by atoms with Crippen LogP contribution in [0.4, 0.5) is 5.69 Å². The predicted molar refractivity (Wildman–Crippen MR) is 186 cm³/mol. The number of aromatic nitrogens is 4. The summed E-state index contributed by atoms with van der Waals surface area (Å²) in [6.07, 6.45) is 5.13. The van der Waals surface area contributed by atoms with Crippen molar-refractivity contribution >= 4 is 39.6 Å². The smallest absolute Gasteiger partial charge is 0.254 e. The molecule has 0 spiro atoms. The average Bonchev–Trinajstić information content (AvgIpc) is 3.28. The van der Waals surface area contributed by atoms with E-state index in [0.29, 0.717) is 48.2 Å². The van der Waals surface area contributed by atoms with Crippen LogP contribution in [0.1, 0.15) is 42.5 Å². The van der Waals surface area contributed by atoms with Crippen molar-refractivity contribution in [1.29, 1.82) is 0 Å². The summed E-state index contributed by atoms with van der Waals surface area (Å²) in [6.45, 7) is 6.13. The van der Waals surface area contributed by atoms with Crippen LogP contribution >= 0.6 is 0 Å². The molecule has 3 atom stereocenters. The largest absolute Gasteiger partial charge is 0.494 e.